The lowest BCUT2D eigenvalue weighted by atomic mass is 10.00. The van der Waals surface area contributed by atoms with Crippen LogP contribution in [0, 0.1) is 0 Å². The molecule has 2 aliphatic rings. The summed E-state index contributed by atoms with van der Waals surface area (Å²) in [5.74, 6) is 1.41. The summed E-state index contributed by atoms with van der Waals surface area (Å²) in [4.78, 5) is 15.3. The maximum Gasteiger partial charge on any atom is 0.276 e. The topological polar surface area (TPSA) is 47.4 Å². The van der Waals surface area contributed by atoms with Crippen LogP contribution in [0.5, 0.6) is 5.75 Å². The molecule has 1 saturated carbocycles. The van der Waals surface area contributed by atoms with Crippen LogP contribution in [0.2, 0.25) is 0 Å². The number of rotatable bonds is 5. The number of amides is 1. The number of fused-ring (bicyclic) bond motifs is 1. The van der Waals surface area contributed by atoms with Crippen molar-refractivity contribution in [3.63, 3.8) is 0 Å². The highest BCUT2D eigenvalue weighted by atomic mass is 16.5. The molecule has 5 nitrogen and oxygen atoms in total. The van der Waals surface area contributed by atoms with Crippen LogP contribution in [-0.2, 0) is 20.1 Å². The van der Waals surface area contributed by atoms with Gasteiger partial charge in [-0.15, -0.1) is 0 Å². The summed E-state index contributed by atoms with van der Waals surface area (Å²) in [6, 6.07) is 16.2. The minimum absolute atomic E-state index is 0.0609. The smallest absolute Gasteiger partial charge is 0.276 e. The Bertz CT molecular complexity index is 1040. The molecule has 1 aromatic heterocycles. The number of carbonyl (C=O) groups is 1. The van der Waals surface area contributed by atoms with Crippen LogP contribution in [0.15, 0.2) is 54.7 Å². The summed E-state index contributed by atoms with van der Waals surface area (Å²) in [5, 5.41) is 4.37. The Kier molecular flexibility index (Phi) is 4.58. The third-order valence-corrected chi connectivity index (χ3v) is 5.85. The largest absolute Gasteiger partial charge is 0.489 e. The summed E-state index contributed by atoms with van der Waals surface area (Å²) in [6.07, 6.45) is 6.10. The number of hydrogen-bond donors (Lipinski definition) is 0. The second-order valence-corrected chi connectivity index (χ2v) is 7.97. The average Bonchev–Trinajstić information content (AvgIpc) is 3.53. The van der Waals surface area contributed by atoms with E-state index in [9.17, 15) is 4.79 Å². The number of anilines is 1. The Morgan fingerprint density at radius 2 is 2.00 bits per heavy atom. The molecule has 0 radical (unpaired) electrons. The normalized spacial score (nSPS) is 15.8. The van der Waals surface area contributed by atoms with Crippen LogP contribution in [0.1, 0.15) is 52.4 Å². The van der Waals surface area contributed by atoms with Gasteiger partial charge in [-0.05, 0) is 60.9 Å². The Morgan fingerprint density at radius 3 is 2.79 bits per heavy atom. The molecule has 2 aromatic carbocycles. The van der Waals surface area contributed by atoms with Crippen LogP contribution in [-0.4, -0.2) is 22.2 Å². The van der Waals surface area contributed by atoms with Crippen LogP contribution >= 0.6 is 0 Å². The van der Waals surface area contributed by atoms with E-state index in [4.69, 9.17) is 4.74 Å². The first kappa shape index (κ1) is 18.0. The molecular formula is C24H25N3O2. The van der Waals surface area contributed by atoms with Gasteiger partial charge in [0.15, 0.2) is 0 Å². The number of aromatic nitrogens is 2. The summed E-state index contributed by atoms with van der Waals surface area (Å²) in [7, 11) is 1.87. The fraction of sp³-hybridized carbons (Fsp3) is 0.333. The lowest BCUT2D eigenvalue weighted by Gasteiger charge is -2.30. The summed E-state index contributed by atoms with van der Waals surface area (Å²) in [6.45, 7) is 1.29. The number of ether oxygens (including phenoxy) is 1. The van der Waals surface area contributed by atoms with Crippen molar-refractivity contribution in [3.8, 4) is 5.75 Å². The third kappa shape index (κ3) is 3.53. The molecule has 5 rings (SSSR count). The number of benzene rings is 2. The molecule has 0 saturated heterocycles. The van der Waals surface area contributed by atoms with Gasteiger partial charge in [0.05, 0.1) is 6.20 Å². The zero-order valence-corrected chi connectivity index (χ0v) is 16.7. The molecular weight excluding hydrogens is 362 g/mol. The quantitative estimate of drug-likeness (QED) is 0.649. The van der Waals surface area contributed by atoms with Crippen molar-refractivity contribution in [1.82, 2.24) is 9.78 Å². The number of aryl methyl sites for hydroxylation is 2. The Balaban J connectivity index is 1.38. The Labute approximate surface area is 170 Å². The van der Waals surface area contributed by atoms with E-state index in [2.05, 4.69) is 23.3 Å². The minimum Gasteiger partial charge on any atom is -0.489 e. The number of carbonyl (C=O) groups excluding carboxylic acids is 1. The van der Waals surface area contributed by atoms with E-state index in [0.29, 0.717) is 12.5 Å². The Morgan fingerprint density at radius 1 is 1.17 bits per heavy atom. The summed E-state index contributed by atoms with van der Waals surface area (Å²) >= 11 is 0. The number of nitrogens with zero attached hydrogens (tertiary/aromatic N) is 3. The third-order valence-electron chi connectivity index (χ3n) is 5.85. The molecule has 0 unspecified atom stereocenters. The van der Waals surface area contributed by atoms with Gasteiger partial charge in [-0.25, -0.2) is 0 Å². The molecule has 1 amide bonds. The highest BCUT2D eigenvalue weighted by molar-refractivity contribution is 6.06. The second-order valence-electron chi connectivity index (χ2n) is 7.97. The highest BCUT2D eigenvalue weighted by Crippen LogP contribution is 2.42. The van der Waals surface area contributed by atoms with Crippen molar-refractivity contribution in [2.75, 3.05) is 11.4 Å². The monoisotopic (exact) mass is 387 g/mol. The second kappa shape index (κ2) is 7.39. The van der Waals surface area contributed by atoms with Crippen LogP contribution in [0.25, 0.3) is 0 Å². The van der Waals surface area contributed by atoms with Gasteiger partial charge in [-0.3, -0.25) is 9.48 Å². The first-order chi connectivity index (χ1) is 14.2. The molecule has 2 heterocycles. The number of hydrogen-bond acceptors (Lipinski definition) is 3. The van der Waals surface area contributed by atoms with E-state index >= 15 is 0 Å². The highest BCUT2D eigenvalue weighted by Gasteiger charge is 2.34. The molecule has 0 atom stereocenters. The van der Waals surface area contributed by atoms with Gasteiger partial charge < -0.3 is 9.64 Å². The van der Waals surface area contributed by atoms with Crippen molar-refractivity contribution in [2.24, 2.45) is 7.05 Å². The van der Waals surface area contributed by atoms with E-state index in [1.807, 2.05) is 48.5 Å². The molecule has 1 aliphatic heterocycles. The van der Waals surface area contributed by atoms with Gasteiger partial charge >= 0.3 is 0 Å². The van der Waals surface area contributed by atoms with E-state index < -0.39 is 0 Å². The Hall–Kier alpha value is -3.08. The van der Waals surface area contributed by atoms with Crippen molar-refractivity contribution in [2.45, 2.75) is 38.2 Å². The predicted molar refractivity (Wildman–Crippen MR) is 112 cm³/mol. The SMILES string of the molecule is Cn1ncc(C2CC2)c1C(=O)N1CCCc2cc(OCc3ccccc3)ccc21. The van der Waals surface area contributed by atoms with Crippen molar-refractivity contribution in [1.29, 1.82) is 0 Å². The summed E-state index contributed by atoms with van der Waals surface area (Å²) < 4.78 is 7.72. The van der Waals surface area contributed by atoms with Crippen molar-refractivity contribution < 1.29 is 9.53 Å². The first-order valence-electron chi connectivity index (χ1n) is 10.3. The van der Waals surface area contributed by atoms with Gasteiger partial charge in [0.2, 0.25) is 0 Å². The van der Waals surface area contributed by atoms with E-state index in [0.717, 1.165) is 60.5 Å². The molecule has 1 fully saturated rings. The van der Waals surface area contributed by atoms with Crippen molar-refractivity contribution in [3.05, 3.63) is 77.1 Å². The lowest BCUT2D eigenvalue weighted by molar-refractivity contribution is 0.0975. The molecule has 0 bridgehead atoms. The molecule has 5 heteroatoms. The maximum absolute atomic E-state index is 13.4. The maximum atomic E-state index is 13.4. The minimum atomic E-state index is 0.0609. The lowest BCUT2D eigenvalue weighted by Crippen LogP contribution is -2.37. The van der Waals surface area contributed by atoms with Gasteiger partial charge in [0.1, 0.15) is 18.1 Å². The van der Waals surface area contributed by atoms with Crippen molar-refractivity contribution >= 4 is 11.6 Å². The molecule has 29 heavy (non-hydrogen) atoms. The molecule has 0 spiro atoms. The average molecular weight is 387 g/mol. The summed E-state index contributed by atoms with van der Waals surface area (Å²) in [5.41, 5.74) is 5.16. The predicted octanol–water partition coefficient (Wildman–Crippen LogP) is 4.47. The van der Waals surface area contributed by atoms with Crippen LogP contribution < -0.4 is 9.64 Å². The van der Waals surface area contributed by atoms with Gasteiger partial charge in [-0.1, -0.05) is 30.3 Å². The first-order valence-corrected chi connectivity index (χ1v) is 10.3. The van der Waals surface area contributed by atoms with E-state index in [1.54, 1.807) is 4.68 Å². The van der Waals surface area contributed by atoms with Crippen LogP contribution in [0.4, 0.5) is 5.69 Å². The molecule has 0 N–H and O–H groups in total. The molecule has 3 aromatic rings. The molecule has 1 aliphatic carbocycles. The van der Waals surface area contributed by atoms with E-state index in [1.165, 1.54) is 5.56 Å². The fourth-order valence-corrected chi connectivity index (χ4v) is 4.15. The van der Waals surface area contributed by atoms with Crippen LogP contribution in [0.3, 0.4) is 0 Å². The fourth-order valence-electron chi connectivity index (χ4n) is 4.15. The van der Waals surface area contributed by atoms with Gasteiger partial charge in [-0.2, -0.15) is 5.10 Å². The zero-order valence-electron chi connectivity index (χ0n) is 16.7. The zero-order chi connectivity index (χ0) is 19.8. The van der Waals surface area contributed by atoms with E-state index in [-0.39, 0.29) is 5.91 Å². The standard InChI is InChI=1S/C24H25N3O2/c1-26-23(21(15-25-26)18-9-10-18)24(28)27-13-5-8-19-14-20(11-12-22(19)27)29-16-17-6-3-2-4-7-17/h2-4,6-7,11-12,14-15,18H,5,8-10,13,16H2,1H3. The molecule has 148 valence electrons. The van der Waals surface area contributed by atoms with Gasteiger partial charge in [0, 0.05) is 24.8 Å². The van der Waals surface area contributed by atoms with Gasteiger partial charge in [0.25, 0.3) is 5.91 Å².